The summed E-state index contributed by atoms with van der Waals surface area (Å²) >= 11 is 5.65. The van der Waals surface area contributed by atoms with E-state index in [9.17, 15) is 24.6 Å². The Hall–Kier alpha value is -2.38. The van der Waals surface area contributed by atoms with Crippen LogP contribution >= 0.6 is 6.64 Å². The van der Waals surface area contributed by atoms with Gasteiger partial charge in [0.1, 0.15) is 29.6 Å². The zero-order valence-corrected chi connectivity index (χ0v) is 22.8. The Morgan fingerprint density at radius 1 is 1.30 bits per heavy atom. The number of aromatic nitrogens is 2. The summed E-state index contributed by atoms with van der Waals surface area (Å²) in [6.07, 6.45) is -3.07. The minimum absolute atomic E-state index is 0.214. The second-order valence-corrected chi connectivity index (χ2v) is 12.3. The Balaban J connectivity index is 1.82. The molecule has 1 aromatic carbocycles. The fourth-order valence-corrected chi connectivity index (χ4v) is 6.06. The first-order valence-corrected chi connectivity index (χ1v) is 14.2. The molecule has 0 amide bonds. The predicted molar refractivity (Wildman–Crippen MR) is 138 cm³/mol. The largest absolute Gasteiger partial charge is 0.462 e. The number of aromatic amines is 1. The highest BCUT2D eigenvalue weighted by atomic mass is 32.5. The summed E-state index contributed by atoms with van der Waals surface area (Å²) < 4.78 is 23.9. The van der Waals surface area contributed by atoms with Gasteiger partial charge in [0.05, 0.1) is 12.7 Å². The van der Waals surface area contributed by atoms with E-state index in [0.717, 1.165) is 4.57 Å². The van der Waals surface area contributed by atoms with E-state index in [-0.39, 0.29) is 18.3 Å². The van der Waals surface area contributed by atoms with Crippen molar-refractivity contribution in [2.75, 3.05) is 6.61 Å². The Morgan fingerprint density at radius 3 is 2.57 bits per heavy atom. The fourth-order valence-electron chi connectivity index (χ4n) is 3.64. The molecular weight excluding hydrogens is 525 g/mol. The van der Waals surface area contributed by atoms with Crippen LogP contribution in [0, 0.1) is 6.92 Å². The fraction of sp³-hybridized carbons (Fsp3) is 0.522. The summed E-state index contributed by atoms with van der Waals surface area (Å²) in [6, 6.07) is 7.71. The molecule has 0 bridgehead atoms. The first kappa shape index (κ1) is 29.2. The molecule has 2 unspecified atom stereocenters. The lowest BCUT2D eigenvalue weighted by Gasteiger charge is -2.28. The van der Waals surface area contributed by atoms with Gasteiger partial charge in [-0.3, -0.25) is 19.1 Å². The molecule has 12 nitrogen and oxygen atoms in total. The van der Waals surface area contributed by atoms with E-state index in [1.54, 1.807) is 51.1 Å². The molecule has 2 heterocycles. The SMILES string of the molecule is Cc1cn([C@@H]2O[C@H](COP(=S)(NC(C)C(=O)OC(C)C)Oc3ccccc3)[C@@H](O)[C@@]2(C)O)c(=O)[nH]c1=O. The Morgan fingerprint density at radius 2 is 1.95 bits per heavy atom. The number of carbonyl (C=O) groups excluding carboxylic acids is 1. The summed E-state index contributed by atoms with van der Waals surface area (Å²) in [5.74, 6) is -0.173. The molecule has 1 fully saturated rings. The number of nitrogens with zero attached hydrogens (tertiary/aromatic N) is 1. The molecule has 0 aliphatic carbocycles. The molecule has 3 rings (SSSR count). The van der Waals surface area contributed by atoms with E-state index in [4.69, 9.17) is 30.3 Å². The Bertz CT molecular complexity index is 1260. The third-order valence-corrected chi connectivity index (χ3v) is 8.09. The van der Waals surface area contributed by atoms with Crippen molar-refractivity contribution in [1.82, 2.24) is 14.6 Å². The number of esters is 1. The summed E-state index contributed by atoms with van der Waals surface area (Å²) in [4.78, 5) is 38.7. The second kappa shape index (κ2) is 11.6. The van der Waals surface area contributed by atoms with Crippen LogP contribution in [0.1, 0.15) is 39.5 Å². The smallest absolute Gasteiger partial charge is 0.330 e. The zero-order valence-electron chi connectivity index (χ0n) is 21.1. The highest BCUT2D eigenvalue weighted by Crippen LogP contribution is 2.47. The third kappa shape index (κ3) is 6.94. The van der Waals surface area contributed by atoms with Gasteiger partial charge in [0, 0.05) is 11.8 Å². The molecule has 204 valence electrons. The number of H-pyrrole nitrogens is 1. The van der Waals surface area contributed by atoms with Crippen LogP contribution < -0.4 is 20.9 Å². The molecule has 2 aromatic rings. The number of carbonyl (C=O) groups is 1. The van der Waals surface area contributed by atoms with Crippen LogP contribution in [0.4, 0.5) is 0 Å². The summed E-state index contributed by atoms with van der Waals surface area (Å²) in [6.45, 7) is 3.98. The molecular formula is C23H32N3O9PS. The van der Waals surface area contributed by atoms with Crippen molar-refractivity contribution in [1.29, 1.82) is 0 Å². The Labute approximate surface area is 218 Å². The third-order valence-electron chi connectivity index (χ3n) is 5.59. The van der Waals surface area contributed by atoms with Gasteiger partial charge >= 0.3 is 18.3 Å². The van der Waals surface area contributed by atoms with Crippen molar-refractivity contribution in [2.24, 2.45) is 0 Å². The number of benzene rings is 1. The van der Waals surface area contributed by atoms with Crippen molar-refractivity contribution in [3.8, 4) is 5.75 Å². The van der Waals surface area contributed by atoms with Gasteiger partial charge in [-0.25, -0.2) is 9.88 Å². The molecule has 14 heteroatoms. The van der Waals surface area contributed by atoms with Gasteiger partial charge in [0.15, 0.2) is 6.23 Å². The summed E-state index contributed by atoms with van der Waals surface area (Å²) in [7, 11) is 0. The quantitative estimate of drug-likeness (QED) is 0.245. The van der Waals surface area contributed by atoms with Gasteiger partial charge in [-0.05, 0) is 58.6 Å². The van der Waals surface area contributed by atoms with Crippen LogP contribution in [0.5, 0.6) is 5.75 Å². The average molecular weight is 558 g/mol. The second-order valence-electron chi connectivity index (χ2n) is 9.21. The van der Waals surface area contributed by atoms with Crippen molar-refractivity contribution < 1.29 is 33.5 Å². The van der Waals surface area contributed by atoms with Gasteiger partial charge < -0.3 is 28.7 Å². The number of aliphatic hydroxyl groups is 2. The molecule has 1 aliphatic heterocycles. The average Bonchev–Trinajstić information content (AvgIpc) is 3.03. The van der Waals surface area contributed by atoms with Gasteiger partial charge in [-0.2, -0.15) is 0 Å². The standard InChI is InChI=1S/C23H32N3O9PS/c1-13(2)33-20(29)15(4)25-36(37,35-16-9-7-6-8-10-16)32-12-17-18(27)23(5,31)21(34-17)26-11-14(3)19(28)24-22(26)30/h6-11,13,15,17-18,21,27,31H,12H2,1-5H3,(H,25,37)(H,24,28,30)/t15?,17-,18-,21-,23-,36?/m1/s1. The van der Waals surface area contributed by atoms with Crippen molar-refractivity contribution in [3.05, 3.63) is 62.9 Å². The number of nitrogens with one attached hydrogen (secondary N) is 2. The normalized spacial score (nSPS) is 26.0. The lowest BCUT2D eigenvalue weighted by molar-refractivity contribution is -0.149. The molecule has 0 spiro atoms. The maximum atomic E-state index is 12.4. The monoisotopic (exact) mass is 557 g/mol. The topological polar surface area (TPSA) is 161 Å². The van der Waals surface area contributed by atoms with E-state index in [1.165, 1.54) is 20.0 Å². The minimum atomic E-state index is -3.44. The van der Waals surface area contributed by atoms with Crippen LogP contribution in [0.25, 0.3) is 0 Å². The minimum Gasteiger partial charge on any atom is -0.462 e. The molecule has 1 saturated heterocycles. The van der Waals surface area contributed by atoms with Gasteiger partial charge in [0.2, 0.25) is 0 Å². The first-order valence-electron chi connectivity index (χ1n) is 11.6. The number of hydrogen-bond donors (Lipinski definition) is 4. The van der Waals surface area contributed by atoms with Crippen LogP contribution in [0.15, 0.2) is 46.1 Å². The Kier molecular flexibility index (Phi) is 9.12. The molecule has 4 N–H and O–H groups in total. The first-order chi connectivity index (χ1) is 17.2. The lowest BCUT2D eigenvalue weighted by atomic mass is 9.96. The highest BCUT2D eigenvalue weighted by Gasteiger charge is 2.54. The summed E-state index contributed by atoms with van der Waals surface area (Å²) in [5, 5.41) is 24.7. The summed E-state index contributed by atoms with van der Waals surface area (Å²) in [5.41, 5.74) is -3.10. The van der Waals surface area contributed by atoms with E-state index in [2.05, 4.69) is 10.1 Å². The van der Waals surface area contributed by atoms with Crippen LogP contribution in [-0.4, -0.2) is 62.3 Å². The predicted octanol–water partition coefficient (Wildman–Crippen LogP) is 1.10. The van der Waals surface area contributed by atoms with Crippen molar-refractivity contribution in [3.63, 3.8) is 0 Å². The van der Waals surface area contributed by atoms with Crippen LogP contribution in [0.3, 0.4) is 0 Å². The van der Waals surface area contributed by atoms with Gasteiger partial charge in [0.25, 0.3) is 5.56 Å². The van der Waals surface area contributed by atoms with Gasteiger partial charge in [-0.15, -0.1) is 0 Å². The van der Waals surface area contributed by atoms with Crippen LogP contribution in [0.2, 0.25) is 0 Å². The van der Waals surface area contributed by atoms with E-state index < -0.39 is 53.9 Å². The van der Waals surface area contributed by atoms with E-state index in [0.29, 0.717) is 5.75 Å². The molecule has 1 aliphatic rings. The number of para-hydroxylation sites is 1. The molecule has 0 saturated carbocycles. The molecule has 1 aromatic heterocycles. The number of hydrogen-bond acceptors (Lipinski definition) is 10. The van der Waals surface area contributed by atoms with Crippen molar-refractivity contribution in [2.45, 2.75) is 70.8 Å². The maximum absolute atomic E-state index is 12.4. The van der Waals surface area contributed by atoms with E-state index >= 15 is 0 Å². The lowest BCUT2D eigenvalue weighted by Crippen LogP contribution is -2.47. The molecule has 0 radical (unpaired) electrons. The molecule has 6 atom stereocenters. The van der Waals surface area contributed by atoms with Crippen molar-refractivity contribution >= 4 is 24.4 Å². The number of ether oxygens (including phenoxy) is 2. The van der Waals surface area contributed by atoms with Gasteiger partial charge in [-0.1, -0.05) is 18.2 Å². The maximum Gasteiger partial charge on any atom is 0.330 e. The number of aryl methyl sites for hydroxylation is 1. The number of aliphatic hydroxyl groups excluding tert-OH is 1. The van der Waals surface area contributed by atoms with Crippen LogP contribution in [-0.2, 0) is 30.6 Å². The zero-order chi connectivity index (χ0) is 27.5. The van der Waals surface area contributed by atoms with E-state index in [1.807, 2.05) is 0 Å². The number of rotatable bonds is 10. The molecule has 37 heavy (non-hydrogen) atoms. The highest BCUT2D eigenvalue weighted by molar-refractivity contribution is 8.09.